The lowest BCUT2D eigenvalue weighted by molar-refractivity contribution is -0.0207. The molecule has 0 amide bonds. The Kier molecular flexibility index (Phi) is 6.13. The lowest BCUT2D eigenvalue weighted by Crippen LogP contribution is -2.62. The highest BCUT2D eigenvalue weighted by Crippen LogP contribution is 2.42. The fourth-order valence-corrected chi connectivity index (χ4v) is 4.09. The van der Waals surface area contributed by atoms with Crippen LogP contribution in [0, 0.1) is 11.8 Å². The van der Waals surface area contributed by atoms with Crippen molar-refractivity contribution in [3.8, 4) is 0 Å². The average molecular weight is 254 g/mol. The van der Waals surface area contributed by atoms with Gasteiger partial charge in [-0.2, -0.15) is 0 Å². The molecule has 1 saturated carbocycles. The van der Waals surface area contributed by atoms with Crippen LogP contribution in [0.2, 0.25) is 0 Å². The molecule has 0 spiro atoms. The van der Waals surface area contributed by atoms with Gasteiger partial charge in [-0.1, -0.05) is 40.0 Å². The molecular weight excluding hydrogens is 220 g/mol. The van der Waals surface area contributed by atoms with E-state index in [2.05, 4.69) is 39.6 Å². The van der Waals surface area contributed by atoms with E-state index in [0.717, 1.165) is 18.4 Å². The molecule has 0 radical (unpaired) electrons. The molecule has 1 aliphatic rings. The zero-order chi connectivity index (χ0) is 13.8. The van der Waals surface area contributed by atoms with Gasteiger partial charge in [0.25, 0.3) is 0 Å². The maximum absolute atomic E-state index is 6.26. The van der Waals surface area contributed by atoms with Crippen LogP contribution in [0.25, 0.3) is 0 Å². The molecule has 0 heterocycles. The summed E-state index contributed by atoms with van der Waals surface area (Å²) in [6.45, 7) is 10.2. The van der Waals surface area contributed by atoms with E-state index >= 15 is 0 Å². The summed E-state index contributed by atoms with van der Waals surface area (Å²) in [5.41, 5.74) is 6.51. The van der Waals surface area contributed by atoms with Gasteiger partial charge in [0, 0.05) is 18.1 Å². The van der Waals surface area contributed by atoms with Gasteiger partial charge in [-0.3, -0.25) is 4.90 Å². The highest BCUT2D eigenvalue weighted by Gasteiger charge is 2.45. The van der Waals surface area contributed by atoms with E-state index in [1.807, 2.05) is 0 Å². The minimum Gasteiger partial charge on any atom is -0.329 e. The number of nitrogens with two attached hydrogens (primary N) is 1. The zero-order valence-electron chi connectivity index (χ0n) is 13.2. The quantitative estimate of drug-likeness (QED) is 0.784. The van der Waals surface area contributed by atoms with Crippen LogP contribution in [-0.4, -0.2) is 30.1 Å². The molecule has 3 atom stereocenters. The van der Waals surface area contributed by atoms with E-state index in [0.29, 0.717) is 6.04 Å². The molecule has 2 N–H and O–H groups in total. The normalized spacial score (nSPS) is 31.0. The molecule has 0 bridgehead atoms. The number of likely N-dealkylation sites (N-methyl/N-ethyl adjacent to an activating group) is 1. The summed E-state index contributed by atoms with van der Waals surface area (Å²) in [6.07, 6.45) is 7.93. The fourth-order valence-electron chi connectivity index (χ4n) is 4.09. The van der Waals surface area contributed by atoms with Crippen molar-refractivity contribution in [2.45, 2.75) is 77.8 Å². The third kappa shape index (κ3) is 3.08. The maximum atomic E-state index is 6.26. The monoisotopic (exact) mass is 254 g/mol. The summed E-state index contributed by atoms with van der Waals surface area (Å²) in [6, 6.07) is 0.651. The van der Waals surface area contributed by atoms with Crippen LogP contribution in [0.15, 0.2) is 0 Å². The van der Waals surface area contributed by atoms with Gasteiger partial charge < -0.3 is 5.73 Å². The van der Waals surface area contributed by atoms with Crippen molar-refractivity contribution < 1.29 is 0 Å². The SMILES string of the molecule is CCCC(C)N(C)C1(CN)CCCCC1C(C)C. The third-order valence-electron chi connectivity index (χ3n) is 5.29. The van der Waals surface area contributed by atoms with E-state index in [9.17, 15) is 0 Å². The predicted octanol–water partition coefficient (Wildman–Crippen LogP) is 3.65. The Morgan fingerprint density at radius 1 is 1.28 bits per heavy atom. The van der Waals surface area contributed by atoms with Gasteiger partial charge in [0.15, 0.2) is 0 Å². The third-order valence-corrected chi connectivity index (χ3v) is 5.29. The van der Waals surface area contributed by atoms with E-state index < -0.39 is 0 Å². The van der Waals surface area contributed by atoms with Crippen LogP contribution in [0.3, 0.4) is 0 Å². The second kappa shape index (κ2) is 6.91. The van der Waals surface area contributed by atoms with Gasteiger partial charge in [-0.05, 0) is 45.1 Å². The Labute approximate surface area is 114 Å². The van der Waals surface area contributed by atoms with Gasteiger partial charge >= 0.3 is 0 Å². The molecule has 0 aromatic heterocycles. The topological polar surface area (TPSA) is 29.3 Å². The summed E-state index contributed by atoms with van der Waals surface area (Å²) in [5.74, 6) is 1.51. The average Bonchev–Trinajstić information content (AvgIpc) is 2.37. The van der Waals surface area contributed by atoms with E-state index in [1.165, 1.54) is 38.5 Å². The van der Waals surface area contributed by atoms with Gasteiger partial charge in [-0.15, -0.1) is 0 Å². The molecule has 0 aromatic carbocycles. The molecule has 1 aliphatic carbocycles. The summed E-state index contributed by atoms with van der Waals surface area (Å²) in [5, 5.41) is 0. The van der Waals surface area contributed by atoms with Gasteiger partial charge in [0.05, 0.1) is 0 Å². The minimum atomic E-state index is 0.251. The number of nitrogens with zero attached hydrogens (tertiary/aromatic N) is 1. The highest BCUT2D eigenvalue weighted by atomic mass is 15.2. The molecule has 0 saturated heterocycles. The summed E-state index contributed by atoms with van der Waals surface area (Å²) < 4.78 is 0. The van der Waals surface area contributed by atoms with E-state index in [-0.39, 0.29) is 5.54 Å². The molecule has 1 fully saturated rings. The number of hydrogen-bond donors (Lipinski definition) is 1. The molecule has 108 valence electrons. The molecule has 0 aromatic rings. The van der Waals surface area contributed by atoms with Crippen molar-refractivity contribution in [1.29, 1.82) is 0 Å². The minimum absolute atomic E-state index is 0.251. The summed E-state index contributed by atoms with van der Waals surface area (Å²) in [4.78, 5) is 2.63. The van der Waals surface area contributed by atoms with Crippen LogP contribution >= 0.6 is 0 Å². The zero-order valence-corrected chi connectivity index (χ0v) is 13.2. The first kappa shape index (κ1) is 16.0. The van der Waals surface area contributed by atoms with Crippen LogP contribution in [0.1, 0.15) is 66.2 Å². The van der Waals surface area contributed by atoms with Crippen molar-refractivity contribution in [2.24, 2.45) is 17.6 Å². The second-order valence-corrected chi connectivity index (χ2v) is 6.65. The van der Waals surface area contributed by atoms with E-state index in [1.54, 1.807) is 0 Å². The second-order valence-electron chi connectivity index (χ2n) is 6.65. The van der Waals surface area contributed by atoms with Crippen LogP contribution in [-0.2, 0) is 0 Å². The first-order valence-electron chi connectivity index (χ1n) is 7.92. The van der Waals surface area contributed by atoms with Crippen molar-refractivity contribution in [1.82, 2.24) is 4.90 Å². The summed E-state index contributed by atoms with van der Waals surface area (Å²) >= 11 is 0. The molecule has 0 aliphatic heterocycles. The lowest BCUT2D eigenvalue weighted by atomic mass is 9.66. The number of hydrogen-bond acceptors (Lipinski definition) is 2. The van der Waals surface area contributed by atoms with Crippen molar-refractivity contribution in [2.75, 3.05) is 13.6 Å². The summed E-state index contributed by atoms with van der Waals surface area (Å²) in [7, 11) is 2.31. The fraction of sp³-hybridized carbons (Fsp3) is 1.00. The largest absolute Gasteiger partial charge is 0.329 e. The molecule has 2 nitrogen and oxygen atoms in total. The van der Waals surface area contributed by atoms with E-state index in [4.69, 9.17) is 5.73 Å². The smallest absolute Gasteiger partial charge is 0.0362 e. The number of rotatable bonds is 6. The Hall–Kier alpha value is -0.0800. The predicted molar refractivity (Wildman–Crippen MR) is 80.7 cm³/mol. The van der Waals surface area contributed by atoms with Crippen molar-refractivity contribution in [3.05, 3.63) is 0 Å². The van der Waals surface area contributed by atoms with Crippen molar-refractivity contribution >= 4 is 0 Å². The molecule has 18 heavy (non-hydrogen) atoms. The maximum Gasteiger partial charge on any atom is 0.0362 e. The van der Waals surface area contributed by atoms with Crippen LogP contribution in [0.5, 0.6) is 0 Å². The van der Waals surface area contributed by atoms with Crippen LogP contribution < -0.4 is 5.73 Å². The Bertz CT molecular complexity index is 239. The van der Waals surface area contributed by atoms with Gasteiger partial charge in [-0.25, -0.2) is 0 Å². The standard InChI is InChI=1S/C16H34N2/c1-6-9-14(4)18(5)16(12-17)11-8-7-10-15(16)13(2)3/h13-15H,6-12,17H2,1-5H3. The lowest BCUT2D eigenvalue weighted by Gasteiger charge is -2.53. The first-order chi connectivity index (χ1) is 8.49. The van der Waals surface area contributed by atoms with Gasteiger partial charge in [0.1, 0.15) is 0 Å². The Balaban J connectivity index is 2.92. The Morgan fingerprint density at radius 3 is 2.44 bits per heavy atom. The van der Waals surface area contributed by atoms with Crippen molar-refractivity contribution in [3.63, 3.8) is 0 Å². The van der Waals surface area contributed by atoms with Crippen LogP contribution in [0.4, 0.5) is 0 Å². The molecule has 3 unspecified atom stereocenters. The molecule has 2 heteroatoms. The molecule has 1 rings (SSSR count). The Morgan fingerprint density at radius 2 is 1.94 bits per heavy atom. The first-order valence-corrected chi connectivity index (χ1v) is 7.92. The molecular formula is C16H34N2. The van der Waals surface area contributed by atoms with Gasteiger partial charge in [0.2, 0.25) is 0 Å². The highest BCUT2D eigenvalue weighted by molar-refractivity contribution is 5.01.